The van der Waals surface area contributed by atoms with Crippen molar-refractivity contribution in [3.05, 3.63) is 75.6 Å². The summed E-state index contributed by atoms with van der Waals surface area (Å²) in [6, 6.07) is 13.0. The van der Waals surface area contributed by atoms with E-state index in [1.165, 1.54) is 23.9 Å². The lowest BCUT2D eigenvalue weighted by atomic mass is 9.97. The van der Waals surface area contributed by atoms with Gasteiger partial charge in [0.15, 0.2) is 5.82 Å². The number of aromatic nitrogens is 4. The van der Waals surface area contributed by atoms with Crippen molar-refractivity contribution in [2.45, 2.75) is 48.3 Å². The Bertz CT molecular complexity index is 1200. The number of carbonyl (C=O) groups excluding carboxylic acids is 1. The number of tetrazole rings is 1. The molecule has 0 bridgehead atoms. The van der Waals surface area contributed by atoms with Crippen LogP contribution in [-0.2, 0) is 4.79 Å². The quantitative estimate of drug-likeness (QED) is 0.294. The molecule has 4 rings (SSSR count). The van der Waals surface area contributed by atoms with Crippen LogP contribution in [0.1, 0.15) is 55.5 Å². The van der Waals surface area contributed by atoms with Gasteiger partial charge < -0.3 is 4.90 Å². The molecule has 0 radical (unpaired) electrons. The second-order valence-corrected chi connectivity index (χ2v) is 9.59. The molecule has 1 aromatic heterocycles. The van der Waals surface area contributed by atoms with E-state index in [2.05, 4.69) is 34.5 Å². The number of rotatable bonds is 7. The van der Waals surface area contributed by atoms with Crippen LogP contribution in [0.3, 0.4) is 0 Å². The van der Waals surface area contributed by atoms with Crippen LogP contribution in [0.4, 0.5) is 5.69 Å². The van der Waals surface area contributed by atoms with Crippen molar-refractivity contribution in [3.8, 4) is 0 Å². The van der Waals surface area contributed by atoms with Gasteiger partial charge in [0.25, 0.3) is 5.69 Å². The van der Waals surface area contributed by atoms with Gasteiger partial charge in [-0.15, -0.1) is 10.2 Å². The number of hydrogen-bond donors (Lipinski definition) is 1. The van der Waals surface area contributed by atoms with E-state index in [0.29, 0.717) is 35.3 Å². The number of nitro groups is 1. The first kappa shape index (κ1) is 23.6. The summed E-state index contributed by atoms with van der Waals surface area (Å²) in [6.45, 7) is 5.38. The van der Waals surface area contributed by atoms with Gasteiger partial charge in [-0.25, -0.2) is 0 Å². The Morgan fingerprint density at radius 1 is 1.26 bits per heavy atom. The third-order valence-electron chi connectivity index (χ3n) is 5.82. The summed E-state index contributed by atoms with van der Waals surface area (Å²) in [6.07, 6.45) is 4.86. The molecule has 1 fully saturated rings. The van der Waals surface area contributed by atoms with Crippen LogP contribution in [-0.4, -0.2) is 49.4 Å². The fourth-order valence-electron chi connectivity index (χ4n) is 4.04. The molecule has 0 spiro atoms. The molecule has 1 saturated heterocycles. The minimum atomic E-state index is -0.375. The maximum Gasteiger partial charge on any atom is 0.283 e. The summed E-state index contributed by atoms with van der Waals surface area (Å²) in [7, 11) is 0. The number of likely N-dealkylation sites (tertiary alicyclic amines) is 1. The fourth-order valence-corrected chi connectivity index (χ4v) is 5.22. The first-order chi connectivity index (χ1) is 16.4. The molecule has 10 heteroatoms. The smallest absolute Gasteiger partial charge is 0.283 e. The number of benzene rings is 2. The normalized spacial score (nSPS) is 16.3. The van der Waals surface area contributed by atoms with Crippen LogP contribution < -0.4 is 0 Å². The van der Waals surface area contributed by atoms with Gasteiger partial charge in [-0.2, -0.15) is 5.21 Å². The monoisotopic (exact) mass is 478 g/mol. The molecule has 1 amide bonds. The highest BCUT2D eigenvalue weighted by Gasteiger charge is 2.26. The van der Waals surface area contributed by atoms with Crippen LogP contribution in [0.25, 0.3) is 6.08 Å². The van der Waals surface area contributed by atoms with Crippen molar-refractivity contribution < 1.29 is 9.72 Å². The van der Waals surface area contributed by atoms with Crippen LogP contribution in [0, 0.1) is 10.1 Å². The summed E-state index contributed by atoms with van der Waals surface area (Å²) >= 11 is 1.39. The topological polar surface area (TPSA) is 118 Å². The van der Waals surface area contributed by atoms with Crippen LogP contribution >= 0.6 is 11.8 Å². The number of piperidine rings is 1. The van der Waals surface area contributed by atoms with Gasteiger partial charge in [0.05, 0.1) is 9.82 Å². The molecule has 1 N–H and O–H groups in total. The maximum absolute atomic E-state index is 12.8. The first-order valence-corrected chi connectivity index (χ1v) is 12.0. The Morgan fingerprint density at radius 3 is 2.82 bits per heavy atom. The molecule has 1 unspecified atom stereocenters. The van der Waals surface area contributed by atoms with Gasteiger partial charge in [0.2, 0.25) is 5.91 Å². The van der Waals surface area contributed by atoms with E-state index in [4.69, 9.17) is 0 Å². The Labute approximate surface area is 201 Å². The van der Waals surface area contributed by atoms with E-state index in [-0.39, 0.29) is 22.4 Å². The lowest BCUT2D eigenvalue weighted by Gasteiger charge is -2.30. The molecule has 3 aromatic rings. The van der Waals surface area contributed by atoms with E-state index >= 15 is 0 Å². The maximum atomic E-state index is 12.8. The molecule has 9 nitrogen and oxygen atoms in total. The van der Waals surface area contributed by atoms with Gasteiger partial charge >= 0.3 is 0 Å². The van der Waals surface area contributed by atoms with Gasteiger partial charge in [-0.05, 0) is 48.1 Å². The third kappa shape index (κ3) is 5.51. The summed E-state index contributed by atoms with van der Waals surface area (Å²) in [5.74, 6) is 0.839. The molecule has 1 atom stereocenters. The number of carbonyl (C=O) groups is 1. The van der Waals surface area contributed by atoms with Crippen molar-refractivity contribution in [2.24, 2.45) is 0 Å². The highest BCUT2D eigenvalue weighted by molar-refractivity contribution is 7.99. The van der Waals surface area contributed by atoms with E-state index in [0.717, 1.165) is 23.3 Å². The molecule has 2 heterocycles. The fraction of sp³-hybridized carbons (Fsp3) is 0.333. The molecule has 34 heavy (non-hydrogen) atoms. The molecular weight excluding hydrogens is 452 g/mol. The Morgan fingerprint density at radius 2 is 2.09 bits per heavy atom. The molecule has 0 aliphatic carbocycles. The van der Waals surface area contributed by atoms with Crippen LogP contribution in [0.5, 0.6) is 0 Å². The highest BCUT2D eigenvalue weighted by atomic mass is 32.2. The van der Waals surface area contributed by atoms with E-state index in [1.807, 2.05) is 24.3 Å². The summed E-state index contributed by atoms with van der Waals surface area (Å²) < 4.78 is 0. The van der Waals surface area contributed by atoms with Crippen molar-refractivity contribution in [1.29, 1.82) is 0 Å². The second-order valence-electron chi connectivity index (χ2n) is 8.51. The van der Waals surface area contributed by atoms with E-state index in [9.17, 15) is 14.9 Å². The Kier molecular flexibility index (Phi) is 7.36. The number of hydrogen-bond acceptors (Lipinski definition) is 7. The molecule has 0 saturated carbocycles. The van der Waals surface area contributed by atoms with Crippen molar-refractivity contribution >= 4 is 29.4 Å². The minimum absolute atomic E-state index is 0.0216. The zero-order valence-corrected chi connectivity index (χ0v) is 19.9. The number of H-pyrrole nitrogens is 1. The van der Waals surface area contributed by atoms with Crippen molar-refractivity contribution in [2.75, 3.05) is 13.1 Å². The average Bonchev–Trinajstić information content (AvgIpc) is 3.38. The third-order valence-corrected chi connectivity index (χ3v) is 6.98. The van der Waals surface area contributed by atoms with Gasteiger partial charge in [0.1, 0.15) is 0 Å². The van der Waals surface area contributed by atoms with E-state index < -0.39 is 0 Å². The Balaban J connectivity index is 1.49. The summed E-state index contributed by atoms with van der Waals surface area (Å²) in [4.78, 5) is 27.5. The van der Waals surface area contributed by atoms with Gasteiger partial charge in [-0.3, -0.25) is 14.9 Å². The van der Waals surface area contributed by atoms with Crippen LogP contribution in [0.15, 0.2) is 58.3 Å². The second kappa shape index (κ2) is 10.6. The minimum Gasteiger partial charge on any atom is -0.338 e. The average molecular weight is 479 g/mol. The van der Waals surface area contributed by atoms with E-state index in [1.54, 1.807) is 23.1 Å². The number of amides is 1. The summed E-state index contributed by atoms with van der Waals surface area (Å²) in [5.41, 5.74) is 1.78. The van der Waals surface area contributed by atoms with Crippen LogP contribution in [0.2, 0.25) is 0 Å². The molecule has 2 aromatic carbocycles. The highest BCUT2D eigenvalue weighted by Crippen LogP contribution is 2.39. The number of nitro benzene ring substituents is 1. The largest absolute Gasteiger partial charge is 0.338 e. The number of nitrogens with zero attached hydrogens (tertiary/aromatic N) is 5. The molecule has 1 aliphatic rings. The van der Waals surface area contributed by atoms with Crippen molar-refractivity contribution in [3.63, 3.8) is 0 Å². The lowest BCUT2D eigenvalue weighted by Crippen LogP contribution is -2.38. The molecular formula is C24H26N6O3S. The summed E-state index contributed by atoms with van der Waals surface area (Å²) in [5, 5.41) is 25.9. The standard InChI is InChI=1S/C24H26N6O3S/c1-16(2)19-7-3-4-8-21(19)34-22-11-9-17(14-20(22)30(32)33)10-12-23(31)29-13-5-6-18(15-29)24-25-27-28-26-24/h3-4,7-12,14,16,18H,5-6,13,15H2,1-2H3,(H,25,26,27,28)/b12-10+. The Hall–Kier alpha value is -3.53. The van der Waals surface area contributed by atoms with Crippen molar-refractivity contribution in [1.82, 2.24) is 25.5 Å². The predicted octanol–water partition coefficient (Wildman–Crippen LogP) is 4.80. The predicted molar refractivity (Wildman–Crippen MR) is 130 cm³/mol. The first-order valence-electron chi connectivity index (χ1n) is 11.2. The zero-order chi connectivity index (χ0) is 24.1. The zero-order valence-electron chi connectivity index (χ0n) is 19.0. The SMILES string of the molecule is CC(C)c1ccccc1Sc1ccc(/C=C/C(=O)N2CCCC(c3nn[nH]n3)C2)cc1[N+](=O)[O-]. The lowest BCUT2D eigenvalue weighted by molar-refractivity contribution is -0.387. The molecule has 1 aliphatic heterocycles. The van der Waals surface area contributed by atoms with Gasteiger partial charge in [-0.1, -0.05) is 55.1 Å². The number of nitrogens with one attached hydrogen (secondary N) is 1. The number of aromatic amines is 1. The molecule has 176 valence electrons. The van der Waals surface area contributed by atoms with Gasteiger partial charge in [0, 0.05) is 36.0 Å².